The summed E-state index contributed by atoms with van der Waals surface area (Å²) >= 11 is 8.07. The number of nitrogens with zero attached hydrogens (tertiary/aromatic N) is 3. The van der Waals surface area contributed by atoms with Crippen LogP contribution in [0.2, 0.25) is 5.02 Å². The summed E-state index contributed by atoms with van der Waals surface area (Å²) in [5.74, 6) is 0.548. The van der Waals surface area contributed by atoms with Crippen LogP contribution in [0.4, 0.5) is 5.95 Å². The van der Waals surface area contributed by atoms with Gasteiger partial charge in [0, 0.05) is 43.4 Å². The molecule has 0 radical (unpaired) electrons. The van der Waals surface area contributed by atoms with E-state index < -0.39 is 5.92 Å². The molecule has 11 heteroatoms. The highest BCUT2D eigenvalue weighted by Gasteiger charge is 2.21. The summed E-state index contributed by atoms with van der Waals surface area (Å²) < 4.78 is 5.66. The molecular weight excluding hydrogens is 478 g/mol. The first-order valence-electron chi connectivity index (χ1n) is 10.9. The van der Waals surface area contributed by atoms with Crippen LogP contribution in [0.3, 0.4) is 0 Å². The Balaban J connectivity index is 1.46. The van der Waals surface area contributed by atoms with Crippen molar-refractivity contribution in [3.8, 4) is 11.4 Å². The molecule has 34 heavy (non-hydrogen) atoms. The van der Waals surface area contributed by atoms with E-state index in [1.165, 1.54) is 11.8 Å². The van der Waals surface area contributed by atoms with E-state index in [1.54, 1.807) is 0 Å². The third-order valence-electron chi connectivity index (χ3n) is 5.52. The minimum Gasteiger partial charge on any atom is -0.396 e. The summed E-state index contributed by atoms with van der Waals surface area (Å²) in [6.45, 7) is 1.07. The summed E-state index contributed by atoms with van der Waals surface area (Å²) in [5.41, 5.74) is 8.84. The van der Waals surface area contributed by atoms with Crippen molar-refractivity contribution >= 4 is 46.0 Å². The van der Waals surface area contributed by atoms with Gasteiger partial charge in [-0.2, -0.15) is 9.97 Å². The number of carbonyl (C=O) groups excluding carboxylic acids is 1. The van der Waals surface area contributed by atoms with Crippen molar-refractivity contribution in [3.63, 3.8) is 0 Å². The zero-order valence-electron chi connectivity index (χ0n) is 18.5. The highest BCUT2D eigenvalue weighted by molar-refractivity contribution is 7.99. The number of aromatic nitrogens is 3. The number of nitrogens with one attached hydrogen (secondary N) is 1. The molecule has 0 spiro atoms. The number of thioether (sulfide) groups is 1. The Hall–Kier alpha value is -2.50. The van der Waals surface area contributed by atoms with E-state index in [0.29, 0.717) is 47.9 Å². The maximum atomic E-state index is 11.9. The largest absolute Gasteiger partial charge is 0.396 e. The molecule has 3 aromatic rings. The van der Waals surface area contributed by atoms with E-state index in [0.717, 1.165) is 27.5 Å². The number of hydrogen-bond acceptors (Lipinski definition) is 9. The molecule has 0 aliphatic carbocycles. The molecule has 1 amide bonds. The lowest BCUT2D eigenvalue weighted by atomic mass is 9.94. The van der Waals surface area contributed by atoms with Gasteiger partial charge in [0.2, 0.25) is 11.9 Å². The normalized spacial score (nSPS) is 12.9. The Bertz CT molecular complexity index is 1190. The predicted molar refractivity (Wildman–Crippen MR) is 131 cm³/mol. The van der Waals surface area contributed by atoms with Crippen molar-refractivity contribution < 1.29 is 19.7 Å². The summed E-state index contributed by atoms with van der Waals surface area (Å²) in [4.78, 5) is 25.1. The summed E-state index contributed by atoms with van der Waals surface area (Å²) in [6, 6.07) is 7.91. The third kappa shape index (κ3) is 5.59. The maximum Gasteiger partial charge on any atom is 0.224 e. The molecule has 1 aromatic heterocycles. The average Bonchev–Trinajstić information content (AvgIpc) is 2.82. The Morgan fingerprint density at radius 2 is 2.00 bits per heavy atom. The molecule has 180 valence electrons. The van der Waals surface area contributed by atoms with E-state index in [1.807, 2.05) is 24.3 Å². The third-order valence-corrected chi connectivity index (χ3v) is 6.75. The van der Waals surface area contributed by atoms with Gasteiger partial charge in [0.25, 0.3) is 0 Å². The molecule has 2 aromatic carbocycles. The van der Waals surface area contributed by atoms with Crippen LogP contribution >= 0.6 is 23.4 Å². The van der Waals surface area contributed by atoms with Gasteiger partial charge in [-0.1, -0.05) is 41.6 Å². The first-order valence-corrected chi connectivity index (χ1v) is 12.3. The van der Waals surface area contributed by atoms with Crippen molar-refractivity contribution in [1.82, 2.24) is 20.3 Å². The van der Waals surface area contributed by atoms with Crippen molar-refractivity contribution in [2.45, 2.75) is 31.2 Å². The zero-order valence-corrected chi connectivity index (χ0v) is 20.0. The van der Waals surface area contributed by atoms with Crippen LogP contribution in [0.1, 0.15) is 24.0 Å². The van der Waals surface area contributed by atoms with E-state index >= 15 is 0 Å². The number of hydrogen-bond donors (Lipinski definition) is 4. The van der Waals surface area contributed by atoms with E-state index in [9.17, 15) is 4.79 Å². The first-order chi connectivity index (χ1) is 16.5. The number of ether oxygens (including phenoxy) is 1. The SMILES string of the molecule is Nc1nc(SCCCNC(=O)CC(CO)CO)nc(-c2c(Cl)cc3c4c(cccc24)COC3)n1. The Morgan fingerprint density at radius 3 is 2.79 bits per heavy atom. The fraction of sp³-hybridized carbons (Fsp3) is 0.391. The summed E-state index contributed by atoms with van der Waals surface area (Å²) in [6.07, 6.45) is 0.775. The fourth-order valence-electron chi connectivity index (χ4n) is 3.88. The second-order valence-corrected chi connectivity index (χ2v) is 9.48. The van der Waals surface area contributed by atoms with Gasteiger partial charge < -0.3 is 26.0 Å². The maximum absolute atomic E-state index is 11.9. The van der Waals surface area contributed by atoms with E-state index in [2.05, 4.69) is 20.3 Å². The van der Waals surface area contributed by atoms with Crippen LogP contribution in [0, 0.1) is 5.92 Å². The van der Waals surface area contributed by atoms with Crippen LogP contribution in [-0.4, -0.2) is 56.6 Å². The molecule has 4 rings (SSSR count). The minimum atomic E-state index is -0.435. The number of nitrogen functional groups attached to an aromatic ring is 1. The van der Waals surface area contributed by atoms with Crippen LogP contribution in [0.25, 0.3) is 22.2 Å². The molecular formula is C23H26ClN5O4S. The molecule has 0 fully saturated rings. The second kappa shape index (κ2) is 11.3. The molecule has 0 atom stereocenters. The molecule has 9 nitrogen and oxygen atoms in total. The monoisotopic (exact) mass is 503 g/mol. The molecule has 5 N–H and O–H groups in total. The van der Waals surface area contributed by atoms with Crippen molar-refractivity contribution in [2.24, 2.45) is 5.92 Å². The minimum absolute atomic E-state index is 0.0921. The van der Waals surface area contributed by atoms with Crippen molar-refractivity contribution in [2.75, 3.05) is 31.2 Å². The predicted octanol–water partition coefficient (Wildman–Crippen LogP) is 2.55. The Labute approximate surface area is 206 Å². The highest BCUT2D eigenvalue weighted by atomic mass is 35.5. The Morgan fingerprint density at radius 1 is 1.21 bits per heavy atom. The number of nitrogens with two attached hydrogens (primary N) is 1. The van der Waals surface area contributed by atoms with Gasteiger partial charge in [-0.3, -0.25) is 4.79 Å². The molecule has 2 heterocycles. The smallest absolute Gasteiger partial charge is 0.224 e. The van der Waals surface area contributed by atoms with Gasteiger partial charge in [0.15, 0.2) is 11.0 Å². The number of halogens is 1. The molecule has 0 saturated heterocycles. The standard InChI is InChI=1S/C23H26ClN5O4S/c24-17-8-15-12-33-11-14-3-1-4-16(19(14)15)20(17)21-27-22(25)29-23(28-21)34-6-2-5-26-18(32)7-13(9-30)10-31/h1,3-4,8,13,30-31H,2,5-7,9-12H2,(H,26,32)(H2,25,27,28,29). The second-order valence-electron chi connectivity index (χ2n) is 8.01. The zero-order chi connectivity index (χ0) is 24.1. The number of benzene rings is 2. The van der Waals surface area contributed by atoms with Gasteiger partial charge in [0.1, 0.15) is 0 Å². The van der Waals surface area contributed by atoms with Gasteiger partial charge in [-0.05, 0) is 34.4 Å². The van der Waals surface area contributed by atoms with Gasteiger partial charge in [-0.25, -0.2) is 4.98 Å². The van der Waals surface area contributed by atoms with Crippen LogP contribution in [-0.2, 0) is 22.7 Å². The number of aliphatic hydroxyl groups excluding tert-OH is 2. The number of carbonyl (C=O) groups is 1. The topological polar surface area (TPSA) is 143 Å². The summed E-state index contributed by atoms with van der Waals surface area (Å²) in [5, 5.41) is 24.0. The Kier molecular flexibility index (Phi) is 8.17. The van der Waals surface area contributed by atoms with Gasteiger partial charge in [0.05, 0.1) is 18.2 Å². The lowest BCUT2D eigenvalue weighted by molar-refractivity contribution is -0.122. The number of rotatable bonds is 10. The fourth-order valence-corrected chi connectivity index (χ4v) is 4.98. The van der Waals surface area contributed by atoms with E-state index in [-0.39, 0.29) is 31.5 Å². The average molecular weight is 504 g/mol. The molecule has 0 unspecified atom stereocenters. The molecule has 0 bridgehead atoms. The van der Waals surface area contributed by atoms with Crippen molar-refractivity contribution in [1.29, 1.82) is 0 Å². The van der Waals surface area contributed by atoms with E-state index in [4.69, 9.17) is 32.3 Å². The molecule has 1 aliphatic heterocycles. The number of amides is 1. The lowest BCUT2D eigenvalue weighted by Crippen LogP contribution is -2.28. The van der Waals surface area contributed by atoms with Crippen LogP contribution < -0.4 is 11.1 Å². The van der Waals surface area contributed by atoms with Crippen LogP contribution in [0.15, 0.2) is 29.4 Å². The first kappa shape index (κ1) is 24.6. The highest BCUT2D eigenvalue weighted by Crippen LogP contribution is 2.39. The van der Waals surface area contributed by atoms with Crippen molar-refractivity contribution in [3.05, 3.63) is 40.4 Å². The van der Waals surface area contributed by atoms with Gasteiger partial charge in [-0.15, -0.1) is 0 Å². The summed E-state index contributed by atoms with van der Waals surface area (Å²) in [7, 11) is 0. The molecule has 0 saturated carbocycles. The lowest BCUT2D eigenvalue weighted by Gasteiger charge is -2.20. The van der Waals surface area contributed by atoms with Gasteiger partial charge >= 0.3 is 0 Å². The number of anilines is 1. The molecule has 1 aliphatic rings. The quantitative estimate of drug-likeness (QED) is 0.242. The van der Waals surface area contributed by atoms with Crippen LogP contribution in [0.5, 0.6) is 0 Å². The number of aliphatic hydroxyl groups is 2.